The van der Waals surface area contributed by atoms with E-state index in [0.717, 1.165) is 16.7 Å². The molecule has 0 bridgehead atoms. The minimum absolute atomic E-state index is 0.107. The zero-order valence-electron chi connectivity index (χ0n) is 9.53. The summed E-state index contributed by atoms with van der Waals surface area (Å²) in [6.07, 6.45) is 7.71. The van der Waals surface area contributed by atoms with Crippen LogP contribution in [-0.2, 0) is 0 Å². The lowest BCUT2D eigenvalue weighted by atomic mass is 9.92. The number of ketones is 1. The lowest BCUT2D eigenvalue weighted by molar-refractivity contribution is 0.103. The maximum Gasteiger partial charge on any atom is 0.193 e. The highest BCUT2D eigenvalue weighted by Gasteiger charge is 2.15. The molecule has 0 unspecified atom stereocenters. The minimum Gasteiger partial charge on any atom is -0.289 e. The number of hydrogen-bond acceptors (Lipinski definition) is 1. The van der Waals surface area contributed by atoms with Gasteiger partial charge in [-0.1, -0.05) is 54.1 Å². The Balaban J connectivity index is 2.42. The second-order valence-electron chi connectivity index (χ2n) is 4.12. The highest BCUT2D eigenvalue weighted by molar-refractivity contribution is 6.15. The van der Waals surface area contributed by atoms with Crippen LogP contribution < -0.4 is 0 Å². The van der Waals surface area contributed by atoms with Gasteiger partial charge in [0.05, 0.1) is 0 Å². The first-order valence-electron chi connectivity index (χ1n) is 5.35. The molecule has 0 fully saturated rings. The molecule has 2 rings (SSSR count). The number of benzene rings is 1. The van der Waals surface area contributed by atoms with Crippen molar-refractivity contribution in [3.63, 3.8) is 0 Å². The summed E-state index contributed by atoms with van der Waals surface area (Å²) in [5.41, 5.74) is 3.73. The number of carbonyl (C=O) groups excluding carboxylic acids is 1. The van der Waals surface area contributed by atoms with Crippen LogP contribution in [-0.4, -0.2) is 5.78 Å². The van der Waals surface area contributed by atoms with Gasteiger partial charge in [-0.05, 0) is 19.4 Å². The summed E-state index contributed by atoms with van der Waals surface area (Å²) in [6, 6.07) is 7.68. The van der Waals surface area contributed by atoms with Gasteiger partial charge >= 0.3 is 0 Å². The van der Waals surface area contributed by atoms with Gasteiger partial charge in [-0.2, -0.15) is 0 Å². The van der Waals surface area contributed by atoms with Crippen LogP contribution in [0.3, 0.4) is 0 Å². The molecule has 0 amide bonds. The fourth-order valence-electron chi connectivity index (χ4n) is 1.65. The number of hydrogen-bond donors (Lipinski definition) is 0. The van der Waals surface area contributed by atoms with Crippen molar-refractivity contribution in [2.45, 2.75) is 13.8 Å². The van der Waals surface area contributed by atoms with Crippen LogP contribution in [0.4, 0.5) is 0 Å². The van der Waals surface area contributed by atoms with Crippen LogP contribution in [0.25, 0.3) is 6.08 Å². The van der Waals surface area contributed by atoms with Gasteiger partial charge in [0.15, 0.2) is 5.78 Å². The molecule has 0 aromatic heterocycles. The predicted octanol–water partition coefficient (Wildman–Crippen LogP) is 3.79. The number of carbonyl (C=O) groups is 1. The van der Waals surface area contributed by atoms with E-state index in [4.69, 9.17) is 0 Å². The average molecular weight is 210 g/mol. The molecule has 1 aromatic carbocycles. The van der Waals surface area contributed by atoms with Crippen LogP contribution in [0.2, 0.25) is 0 Å². The lowest BCUT2D eigenvalue weighted by Gasteiger charge is -2.10. The smallest absolute Gasteiger partial charge is 0.193 e. The molecule has 80 valence electrons. The van der Waals surface area contributed by atoms with Gasteiger partial charge in [-0.15, -0.1) is 0 Å². The van der Waals surface area contributed by atoms with E-state index in [1.807, 2.05) is 62.4 Å². The lowest BCUT2D eigenvalue weighted by Crippen LogP contribution is -2.07. The molecule has 0 aliphatic heterocycles. The first-order valence-corrected chi connectivity index (χ1v) is 5.35. The Morgan fingerprint density at radius 3 is 2.62 bits per heavy atom. The second-order valence-corrected chi connectivity index (χ2v) is 4.12. The van der Waals surface area contributed by atoms with Gasteiger partial charge in [0.1, 0.15) is 0 Å². The molecular formula is C15H14O. The Labute approximate surface area is 95.8 Å². The third-order valence-electron chi connectivity index (χ3n) is 2.51. The largest absolute Gasteiger partial charge is 0.289 e. The fraction of sp³-hybridized carbons (Fsp3) is 0.133. The van der Waals surface area contributed by atoms with E-state index in [0.29, 0.717) is 0 Å². The monoisotopic (exact) mass is 210 g/mol. The number of fused-ring (bicyclic) bond motifs is 1. The molecule has 0 spiro atoms. The van der Waals surface area contributed by atoms with E-state index in [-0.39, 0.29) is 5.78 Å². The summed E-state index contributed by atoms with van der Waals surface area (Å²) in [7, 11) is 0. The molecule has 1 aliphatic rings. The quantitative estimate of drug-likeness (QED) is 0.644. The predicted molar refractivity (Wildman–Crippen MR) is 67.3 cm³/mol. The zero-order valence-corrected chi connectivity index (χ0v) is 9.53. The maximum atomic E-state index is 12.1. The third kappa shape index (κ3) is 2.03. The Hall–Kier alpha value is -1.89. The molecule has 1 aliphatic carbocycles. The molecule has 0 N–H and O–H groups in total. The summed E-state index contributed by atoms with van der Waals surface area (Å²) in [5.74, 6) is 0.107. The summed E-state index contributed by atoms with van der Waals surface area (Å²) in [5, 5.41) is 0. The minimum atomic E-state index is 0.107. The number of Topliss-reactive ketones (excluding diaryl/α,β-unsaturated/α-hetero) is 1. The van der Waals surface area contributed by atoms with Crippen LogP contribution in [0.15, 0.2) is 53.6 Å². The Bertz CT molecular complexity index is 512. The molecule has 16 heavy (non-hydrogen) atoms. The number of rotatable bonds is 1. The van der Waals surface area contributed by atoms with E-state index in [1.165, 1.54) is 5.57 Å². The first kappa shape index (κ1) is 10.6. The van der Waals surface area contributed by atoms with Gasteiger partial charge in [0.2, 0.25) is 0 Å². The summed E-state index contributed by atoms with van der Waals surface area (Å²) in [6.45, 7) is 4.03. The molecule has 0 saturated carbocycles. The highest BCUT2D eigenvalue weighted by atomic mass is 16.1. The van der Waals surface area contributed by atoms with Crippen molar-refractivity contribution in [3.05, 3.63) is 64.8 Å². The van der Waals surface area contributed by atoms with Gasteiger partial charge in [0, 0.05) is 11.1 Å². The molecule has 0 heterocycles. The van der Waals surface area contributed by atoms with Crippen LogP contribution in [0, 0.1) is 0 Å². The zero-order chi connectivity index (χ0) is 11.5. The van der Waals surface area contributed by atoms with E-state index in [9.17, 15) is 4.79 Å². The number of allylic oxidation sites excluding steroid dienone is 5. The molecule has 0 saturated heterocycles. The van der Waals surface area contributed by atoms with Gasteiger partial charge in [-0.25, -0.2) is 0 Å². The Kier molecular flexibility index (Phi) is 2.86. The van der Waals surface area contributed by atoms with Crippen molar-refractivity contribution in [3.8, 4) is 0 Å². The standard InChI is InChI=1S/C15H14O/c1-11(2)7-8-13-10-9-12-5-3-4-6-14(12)15(13)16/h3-10H,1-2H3/b13-8-. The van der Waals surface area contributed by atoms with Crippen molar-refractivity contribution in [1.29, 1.82) is 0 Å². The van der Waals surface area contributed by atoms with Crippen molar-refractivity contribution in [2.75, 3.05) is 0 Å². The topological polar surface area (TPSA) is 17.1 Å². The van der Waals surface area contributed by atoms with Crippen molar-refractivity contribution < 1.29 is 4.79 Å². The summed E-state index contributed by atoms with van der Waals surface area (Å²) >= 11 is 0. The Morgan fingerprint density at radius 1 is 1.12 bits per heavy atom. The SMILES string of the molecule is CC(C)=C/C=C1/C=Cc2ccccc2C1=O. The maximum absolute atomic E-state index is 12.1. The average Bonchev–Trinajstić information content (AvgIpc) is 2.28. The van der Waals surface area contributed by atoms with Gasteiger partial charge < -0.3 is 0 Å². The van der Waals surface area contributed by atoms with E-state index in [2.05, 4.69) is 0 Å². The van der Waals surface area contributed by atoms with E-state index < -0.39 is 0 Å². The van der Waals surface area contributed by atoms with Gasteiger partial charge in [0.25, 0.3) is 0 Å². The van der Waals surface area contributed by atoms with E-state index >= 15 is 0 Å². The molecular weight excluding hydrogens is 196 g/mol. The fourth-order valence-corrected chi connectivity index (χ4v) is 1.65. The molecule has 0 radical (unpaired) electrons. The Morgan fingerprint density at radius 2 is 1.88 bits per heavy atom. The van der Waals surface area contributed by atoms with Crippen molar-refractivity contribution in [2.24, 2.45) is 0 Å². The normalized spacial score (nSPS) is 16.1. The van der Waals surface area contributed by atoms with E-state index in [1.54, 1.807) is 0 Å². The van der Waals surface area contributed by atoms with Crippen LogP contribution >= 0.6 is 0 Å². The van der Waals surface area contributed by atoms with Crippen molar-refractivity contribution >= 4 is 11.9 Å². The van der Waals surface area contributed by atoms with Crippen molar-refractivity contribution in [1.82, 2.24) is 0 Å². The van der Waals surface area contributed by atoms with Crippen LogP contribution in [0.5, 0.6) is 0 Å². The third-order valence-corrected chi connectivity index (χ3v) is 2.51. The molecule has 1 nitrogen and oxygen atoms in total. The highest BCUT2D eigenvalue weighted by Crippen LogP contribution is 2.22. The molecule has 0 atom stereocenters. The first-order chi connectivity index (χ1) is 7.68. The summed E-state index contributed by atoms with van der Waals surface area (Å²) in [4.78, 5) is 12.1. The molecule has 1 heteroatoms. The summed E-state index contributed by atoms with van der Waals surface area (Å²) < 4.78 is 0. The second kappa shape index (κ2) is 4.31. The van der Waals surface area contributed by atoms with Crippen LogP contribution in [0.1, 0.15) is 29.8 Å². The van der Waals surface area contributed by atoms with Gasteiger partial charge in [-0.3, -0.25) is 4.79 Å². The molecule has 1 aromatic rings.